The van der Waals surface area contributed by atoms with Crippen LogP contribution in [0.2, 0.25) is 0 Å². The number of likely N-dealkylation sites (N-methyl/N-ethyl adjacent to an activating group) is 1. The van der Waals surface area contributed by atoms with Gasteiger partial charge in [-0.25, -0.2) is 9.18 Å². The summed E-state index contributed by atoms with van der Waals surface area (Å²) in [5.74, 6) is -2.68. The van der Waals surface area contributed by atoms with Crippen LogP contribution in [0.3, 0.4) is 0 Å². The number of hydrogen-bond donors (Lipinski definition) is 2. The van der Waals surface area contributed by atoms with Crippen LogP contribution in [-0.4, -0.2) is 46.4 Å². The molecule has 1 aromatic heterocycles. The lowest BCUT2D eigenvalue weighted by atomic mass is 10.2. The lowest BCUT2D eigenvalue weighted by Crippen LogP contribution is -2.35. The van der Waals surface area contributed by atoms with Gasteiger partial charge in [-0.15, -0.1) is 0 Å². The number of rotatable bonds is 5. The second-order valence-corrected chi connectivity index (χ2v) is 4.96. The SMILES string of the molecule is CN(CC(=O)Nc1cccc(F)c1)C(=O)c1ccc(C(=O)O)cn1. The molecule has 8 heteroatoms. The molecule has 0 radical (unpaired) electrons. The number of benzene rings is 1. The zero-order chi connectivity index (χ0) is 17.7. The van der Waals surface area contributed by atoms with Crippen molar-refractivity contribution in [3.8, 4) is 0 Å². The van der Waals surface area contributed by atoms with Crippen LogP contribution in [0.5, 0.6) is 0 Å². The van der Waals surface area contributed by atoms with Crippen molar-refractivity contribution in [2.24, 2.45) is 0 Å². The molecule has 0 saturated heterocycles. The largest absolute Gasteiger partial charge is 0.478 e. The summed E-state index contributed by atoms with van der Waals surface area (Å²) in [5.41, 5.74) is 0.254. The Labute approximate surface area is 136 Å². The Hall–Kier alpha value is -3.29. The number of nitrogens with one attached hydrogen (secondary N) is 1. The molecule has 0 aliphatic heterocycles. The molecule has 0 spiro atoms. The van der Waals surface area contributed by atoms with Crippen molar-refractivity contribution < 1.29 is 23.9 Å². The van der Waals surface area contributed by atoms with Crippen LogP contribution >= 0.6 is 0 Å². The van der Waals surface area contributed by atoms with Crippen LogP contribution in [0.1, 0.15) is 20.8 Å². The van der Waals surface area contributed by atoms with E-state index in [0.717, 1.165) is 17.2 Å². The third kappa shape index (κ3) is 4.35. The number of nitrogens with zero attached hydrogens (tertiary/aromatic N) is 2. The number of pyridine rings is 1. The molecule has 0 bridgehead atoms. The smallest absolute Gasteiger partial charge is 0.337 e. The van der Waals surface area contributed by atoms with Crippen LogP contribution < -0.4 is 5.32 Å². The Bertz CT molecular complexity index is 777. The van der Waals surface area contributed by atoms with Crippen molar-refractivity contribution in [2.45, 2.75) is 0 Å². The summed E-state index contributed by atoms with van der Waals surface area (Å²) in [6, 6.07) is 7.91. The minimum Gasteiger partial charge on any atom is -0.478 e. The predicted molar refractivity (Wildman–Crippen MR) is 83.2 cm³/mol. The standard InChI is InChI=1S/C16H14FN3O4/c1-20(9-14(21)19-12-4-2-3-11(17)7-12)15(22)13-6-5-10(8-18-13)16(23)24/h2-8H,9H2,1H3,(H,19,21)(H,23,24). The number of carboxylic acid groups (broad SMARTS) is 1. The molecule has 24 heavy (non-hydrogen) atoms. The Morgan fingerprint density at radius 2 is 2.00 bits per heavy atom. The van der Waals surface area contributed by atoms with Crippen molar-refractivity contribution in [3.05, 3.63) is 59.7 Å². The van der Waals surface area contributed by atoms with Gasteiger partial charge >= 0.3 is 5.97 Å². The molecule has 2 rings (SSSR count). The molecule has 1 aromatic carbocycles. The number of carbonyl (C=O) groups excluding carboxylic acids is 2. The quantitative estimate of drug-likeness (QED) is 0.867. The monoisotopic (exact) mass is 331 g/mol. The minimum atomic E-state index is -1.15. The summed E-state index contributed by atoms with van der Waals surface area (Å²) in [5, 5.41) is 11.3. The van der Waals surface area contributed by atoms with Gasteiger partial charge in [0.25, 0.3) is 5.91 Å². The van der Waals surface area contributed by atoms with Gasteiger partial charge in [-0.05, 0) is 30.3 Å². The number of anilines is 1. The van der Waals surface area contributed by atoms with Crippen LogP contribution in [0.25, 0.3) is 0 Å². The first-order valence-electron chi connectivity index (χ1n) is 6.87. The fourth-order valence-electron chi connectivity index (χ4n) is 1.90. The third-order valence-electron chi connectivity index (χ3n) is 3.07. The highest BCUT2D eigenvalue weighted by Gasteiger charge is 2.17. The Morgan fingerprint density at radius 1 is 1.25 bits per heavy atom. The Balaban J connectivity index is 1.97. The number of halogens is 1. The molecule has 0 unspecified atom stereocenters. The first-order chi connectivity index (χ1) is 11.4. The molecular formula is C16H14FN3O4. The molecule has 7 nitrogen and oxygen atoms in total. The van der Waals surface area contributed by atoms with E-state index in [2.05, 4.69) is 10.3 Å². The minimum absolute atomic E-state index is 0.0149. The zero-order valence-corrected chi connectivity index (χ0v) is 12.7. The number of aromatic nitrogens is 1. The van der Waals surface area contributed by atoms with Crippen molar-refractivity contribution in [3.63, 3.8) is 0 Å². The van der Waals surface area contributed by atoms with Crippen molar-refractivity contribution in [1.82, 2.24) is 9.88 Å². The highest BCUT2D eigenvalue weighted by molar-refractivity contribution is 5.98. The second-order valence-electron chi connectivity index (χ2n) is 4.96. The zero-order valence-electron chi connectivity index (χ0n) is 12.7. The Kier molecular flexibility index (Phi) is 5.20. The van der Waals surface area contributed by atoms with Gasteiger partial charge < -0.3 is 15.3 Å². The van der Waals surface area contributed by atoms with Crippen molar-refractivity contribution in [1.29, 1.82) is 0 Å². The van der Waals surface area contributed by atoms with Gasteiger partial charge in [0.05, 0.1) is 12.1 Å². The normalized spacial score (nSPS) is 10.1. The van der Waals surface area contributed by atoms with Gasteiger partial charge in [0, 0.05) is 18.9 Å². The van der Waals surface area contributed by atoms with E-state index in [-0.39, 0.29) is 23.5 Å². The first kappa shape index (κ1) is 17.1. The number of carboxylic acids is 1. The van der Waals surface area contributed by atoms with Crippen LogP contribution in [0.4, 0.5) is 10.1 Å². The van der Waals surface area contributed by atoms with Gasteiger partial charge in [-0.1, -0.05) is 6.07 Å². The third-order valence-corrected chi connectivity index (χ3v) is 3.07. The van der Waals surface area contributed by atoms with Gasteiger partial charge in [0.15, 0.2) is 0 Å². The average Bonchev–Trinajstić information content (AvgIpc) is 2.54. The summed E-state index contributed by atoms with van der Waals surface area (Å²) in [6.45, 7) is -0.266. The summed E-state index contributed by atoms with van der Waals surface area (Å²) in [7, 11) is 1.40. The summed E-state index contributed by atoms with van der Waals surface area (Å²) < 4.78 is 13.1. The van der Waals surface area contributed by atoms with E-state index in [9.17, 15) is 18.8 Å². The average molecular weight is 331 g/mol. The van der Waals surface area contributed by atoms with Crippen LogP contribution in [0, 0.1) is 5.82 Å². The van der Waals surface area contributed by atoms with E-state index < -0.39 is 23.6 Å². The van der Waals surface area contributed by atoms with Gasteiger partial charge in [-0.2, -0.15) is 0 Å². The van der Waals surface area contributed by atoms with Crippen molar-refractivity contribution >= 4 is 23.5 Å². The number of carbonyl (C=O) groups is 3. The predicted octanol–water partition coefficient (Wildman–Crippen LogP) is 1.63. The summed E-state index contributed by atoms with van der Waals surface area (Å²) in [6.07, 6.45) is 1.07. The van der Waals surface area contributed by atoms with Crippen molar-refractivity contribution in [2.75, 3.05) is 18.9 Å². The van der Waals surface area contributed by atoms with E-state index in [1.165, 1.54) is 37.4 Å². The number of hydrogen-bond acceptors (Lipinski definition) is 4. The molecule has 0 saturated carbocycles. The molecule has 124 valence electrons. The fraction of sp³-hybridized carbons (Fsp3) is 0.125. The molecular weight excluding hydrogens is 317 g/mol. The maximum Gasteiger partial charge on any atom is 0.337 e. The molecule has 1 heterocycles. The highest BCUT2D eigenvalue weighted by atomic mass is 19.1. The van der Waals surface area contributed by atoms with E-state index in [1.54, 1.807) is 0 Å². The summed E-state index contributed by atoms with van der Waals surface area (Å²) >= 11 is 0. The molecule has 2 amide bonds. The molecule has 0 aliphatic rings. The van der Waals surface area contributed by atoms with Crippen LogP contribution in [0.15, 0.2) is 42.6 Å². The Morgan fingerprint density at radius 3 is 2.58 bits per heavy atom. The summed E-state index contributed by atoms with van der Waals surface area (Å²) in [4.78, 5) is 39.7. The second kappa shape index (κ2) is 7.32. The fourth-order valence-corrected chi connectivity index (χ4v) is 1.90. The molecule has 0 fully saturated rings. The molecule has 2 aromatic rings. The molecule has 2 N–H and O–H groups in total. The number of aromatic carboxylic acids is 1. The maximum atomic E-state index is 13.1. The van der Waals surface area contributed by atoms with E-state index >= 15 is 0 Å². The van der Waals surface area contributed by atoms with E-state index in [0.29, 0.717) is 0 Å². The van der Waals surface area contributed by atoms with E-state index in [4.69, 9.17) is 5.11 Å². The number of amides is 2. The molecule has 0 aliphatic carbocycles. The topological polar surface area (TPSA) is 99.6 Å². The van der Waals surface area contributed by atoms with Gasteiger partial charge in [-0.3, -0.25) is 14.6 Å². The maximum absolute atomic E-state index is 13.1. The highest BCUT2D eigenvalue weighted by Crippen LogP contribution is 2.09. The van der Waals surface area contributed by atoms with Gasteiger partial charge in [0.2, 0.25) is 5.91 Å². The molecule has 0 atom stereocenters. The van der Waals surface area contributed by atoms with E-state index in [1.807, 2.05) is 0 Å². The first-order valence-corrected chi connectivity index (χ1v) is 6.87. The lowest BCUT2D eigenvalue weighted by molar-refractivity contribution is -0.116. The van der Waals surface area contributed by atoms with Gasteiger partial charge in [0.1, 0.15) is 11.5 Å². The van der Waals surface area contributed by atoms with Crippen LogP contribution in [-0.2, 0) is 4.79 Å². The lowest BCUT2D eigenvalue weighted by Gasteiger charge is -2.16.